The lowest BCUT2D eigenvalue weighted by Gasteiger charge is -2.15. The molecule has 1 amide bonds. The minimum absolute atomic E-state index is 0.286. The number of carbonyl (C=O) groups is 1. The Balaban J connectivity index is 1.98. The fourth-order valence-electron chi connectivity index (χ4n) is 2.36. The zero-order valence-electron chi connectivity index (χ0n) is 11.3. The molecule has 1 fully saturated rings. The first-order chi connectivity index (χ1) is 9.89. The number of rotatable bonds is 4. The first-order valence-electron chi connectivity index (χ1n) is 6.76. The van der Waals surface area contributed by atoms with Gasteiger partial charge in [0.1, 0.15) is 5.82 Å². The molecular formula is C14H16F4N2O. The van der Waals surface area contributed by atoms with E-state index in [1.165, 1.54) is 0 Å². The van der Waals surface area contributed by atoms with Crippen LogP contribution in [0.15, 0.2) is 18.2 Å². The van der Waals surface area contributed by atoms with Crippen LogP contribution in [0.25, 0.3) is 0 Å². The topological polar surface area (TPSA) is 32.3 Å². The molecular weight excluding hydrogens is 288 g/mol. The van der Waals surface area contributed by atoms with Crippen molar-refractivity contribution in [3.63, 3.8) is 0 Å². The van der Waals surface area contributed by atoms with Gasteiger partial charge in [-0.25, -0.2) is 4.39 Å². The van der Waals surface area contributed by atoms with Crippen LogP contribution in [0.1, 0.15) is 28.8 Å². The SMILES string of the molecule is O=C(NCCN1CCCC1)c1cccc(C(F)(F)F)c1F. The summed E-state index contributed by atoms with van der Waals surface area (Å²) in [6.45, 7) is 2.81. The van der Waals surface area contributed by atoms with Crippen molar-refractivity contribution in [3.8, 4) is 0 Å². The van der Waals surface area contributed by atoms with E-state index < -0.39 is 29.0 Å². The molecule has 1 aromatic rings. The van der Waals surface area contributed by atoms with Gasteiger partial charge in [-0.15, -0.1) is 0 Å². The van der Waals surface area contributed by atoms with Gasteiger partial charge in [0.05, 0.1) is 11.1 Å². The molecule has 0 spiro atoms. The van der Waals surface area contributed by atoms with Gasteiger partial charge in [0.15, 0.2) is 0 Å². The number of carbonyl (C=O) groups excluding carboxylic acids is 1. The maximum Gasteiger partial charge on any atom is 0.419 e. The summed E-state index contributed by atoms with van der Waals surface area (Å²) in [4.78, 5) is 13.9. The van der Waals surface area contributed by atoms with E-state index in [-0.39, 0.29) is 6.54 Å². The Morgan fingerprint density at radius 1 is 1.24 bits per heavy atom. The molecule has 7 heteroatoms. The van der Waals surface area contributed by atoms with E-state index in [0.717, 1.165) is 38.1 Å². The Morgan fingerprint density at radius 2 is 1.90 bits per heavy atom. The van der Waals surface area contributed by atoms with Crippen molar-refractivity contribution in [2.75, 3.05) is 26.2 Å². The Morgan fingerprint density at radius 3 is 2.52 bits per heavy atom. The van der Waals surface area contributed by atoms with Gasteiger partial charge >= 0.3 is 6.18 Å². The number of likely N-dealkylation sites (tertiary alicyclic amines) is 1. The van der Waals surface area contributed by atoms with E-state index in [0.29, 0.717) is 12.6 Å². The van der Waals surface area contributed by atoms with Gasteiger partial charge in [-0.1, -0.05) is 6.07 Å². The van der Waals surface area contributed by atoms with E-state index >= 15 is 0 Å². The first kappa shape index (κ1) is 15.8. The van der Waals surface area contributed by atoms with Crippen LogP contribution in [0.3, 0.4) is 0 Å². The standard InChI is InChI=1S/C14H16F4N2O/c15-12-10(4-3-5-11(12)14(16,17)18)13(21)19-6-9-20-7-1-2-8-20/h3-5H,1-2,6-9H2,(H,19,21). The molecule has 0 atom stereocenters. The van der Waals surface area contributed by atoms with E-state index in [1.807, 2.05) is 0 Å². The van der Waals surface area contributed by atoms with Crippen LogP contribution < -0.4 is 5.32 Å². The Bertz CT molecular complexity index is 510. The first-order valence-corrected chi connectivity index (χ1v) is 6.76. The number of nitrogens with one attached hydrogen (secondary N) is 1. The van der Waals surface area contributed by atoms with Crippen molar-refractivity contribution in [2.45, 2.75) is 19.0 Å². The number of hydrogen-bond donors (Lipinski definition) is 1. The summed E-state index contributed by atoms with van der Waals surface area (Å²) in [6, 6.07) is 2.70. The molecule has 3 nitrogen and oxygen atoms in total. The van der Waals surface area contributed by atoms with Crippen LogP contribution in [-0.4, -0.2) is 37.0 Å². The lowest BCUT2D eigenvalue weighted by atomic mass is 10.1. The molecule has 2 rings (SSSR count). The summed E-state index contributed by atoms with van der Waals surface area (Å²) in [6.07, 6.45) is -2.59. The quantitative estimate of drug-likeness (QED) is 0.867. The number of hydrogen-bond acceptors (Lipinski definition) is 2. The molecule has 0 radical (unpaired) electrons. The van der Waals surface area contributed by atoms with Crippen LogP contribution in [0.2, 0.25) is 0 Å². The van der Waals surface area contributed by atoms with Gasteiger partial charge in [0, 0.05) is 13.1 Å². The van der Waals surface area contributed by atoms with Gasteiger partial charge in [0.2, 0.25) is 0 Å². The van der Waals surface area contributed by atoms with E-state index in [4.69, 9.17) is 0 Å². The summed E-state index contributed by atoms with van der Waals surface area (Å²) in [5.74, 6) is -2.35. The average Bonchev–Trinajstić information content (AvgIpc) is 2.90. The fourth-order valence-corrected chi connectivity index (χ4v) is 2.36. The maximum absolute atomic E-state index is 13.8. The summed E-state index contributed by atoms with van der Waals surface area (Å²) in [7, 11) is 0. The van der Waals surface area contributed by atoms with Crippen molar-refractivity contribution in [1.82, 2.24) is 10.2 Å². The third-order valence-electron chi connectivity index (χ3n) is 3.46. The summed E-state index contributed by atoms with van der Waals surface area (Å²) in [5.41, 5.74) is -2.00. The molecule has 1 saturated heterocycles. The molecule has 1 aromatic carbocycles. The fraction of sp³-hybridized carbons (Fsp3) is 0.500. The largest absolute Gasteiger partial charge is 0.419 e. The van der Waals surface area contributed by atoms with E-state index in [2.05, 4.69) is 10.2 Å². The van der Waals surface area contributed by atoms with Gasteiger partial charge in [-0.05, 0) is 38.1 Å². The molecule has 0 unspecified atom stereocenters. The van der Waals surface area contributed by atoms with Crippen molar-refractivity contribution < 1.29 is 22.4 Å². The van der Waals surface area contributed by atoms with Crippen LogP contribution in [0.4, 0.5) is 17.6 Å². The zero-order valence-corrected chi connectivity index (χ0v) is 11.3. The zero-order chi connectivity index (χ0) is 15.5. The summed E-state index contributed by atoms with van der Waals surface area (Å²) < 4.78 is 51.5. The molecule has 1 aliphatic rings. The Hall–Kier alpha value is -1.63. The Kier molecular flexibility index (Phi) is 4.82. The van der Waals surface area contributed by atoms with Crippen LogP contribution in [-0.2, 0) is 6.18 Å². The van der Waals surface area contributed by atoms with Gasteiger partial charge in [-0.3, -0.25) is 4.79 Å². The lowest BCUT2D eigenvalue weighted by molar-refractivity contribution is -0.140. The highest BCUT2D eigenvalue weighted by atomic mass is 19.4. The molecule has 116 valence electrons. The summed E-state index contributed by atoms with van der Waals surface area (Å²) >= 11 is 0. The van der Waals surface area contributed by atoms with Crippen molar-refractivity contribution >= 4 is 5.91 Å². The van der Waals surface area contributed by atoms with Crippen molar-refractivity contribution in [1.29, 1.82) is 0 Å². The third kappa shape index (κ3) is 3.93. The van der Waals surface area contributed by atoms with Crippen LogP contribution in [0, 0.1) is 5.82 Å². The van der Waals surface area contributed by atoms with Crippen LogP contribution in [0.5, 0.6) is 0 Å². The Labute approximate surface area is 119 Å². The predicted molar refractivity (Wildman–Crippen MR) is 69.4 cm³/mol. The van der Waals surface area contributed by atoms with Crippen LogP contribution >= 0.6 is 0 Å². The molecule has 0 bridgehead atoms. The second-order valence-electron chi connectivity index (χ2n) is 4.97. The summed E-state index contributed by atoms with van der Waals surface area (Å²) in [5, 5.41) is 2.46. The third-order valence-corrected chi connectivity index (χ3v) is 3.46. The molecule has 0 aromatic heterocycles. The second-order valence-corrected chi connectivity index (χ2v) is 4.97. The number of halogens is 4. The molecule has 1 aliphatic heterocycles. The molecule has 1 N–H and O–H groups in total. The van der Waals surface area contributed by atoms with Gasteiger partial charge in [-0.2, -0.15) is 13.2 Å². The lowest BCUT2D eigenvalue weighted by Crippen LogP contribution is -2.34. The smallest absolute Gasteiger partial charge is 0.351 e. The number of nitrogens with zero attached hydrogens (tertiary/aromatic N) is 1. The maximum atomic E-state index is 13.8. The molecule has 21 heavy (non-hydrogen) atoms. The van der Waals surface area contributed by atoms with Crippen molar-refractivity contribution in [2.24, 2.45) is 0 Å². The average molecular weight is 304 g/mol. The normalized spacial score (nSPS) is 16.2. The van der Waals surface area contributed by atoms with Gasteiger partial charge in [0.25, 0.3) is 5.91 Å². The molecule has 0 saturated carbocycles. The predicted octanol–water partition coefficient (Wildman–Crippen LogP) is 2.67. The number of benzene rings is 1. The number of amides is 1. The number of alkyl halides is 3. The molecule has 1 heterocycles. The molecule has 0 aliphatic carbocycles. The highest BCUT2D eigenvalue weighted by Crippen LogP contribution is 2.32. The van der Waals surface area contributed by atoms with E-state index in [1.54, 1.807) is 0 Å². The monoisotopic (exact) mass is 304 g/mol. The highest BCUT2D eigenvalue weighted by molar-refractivity contribution is 5.94. The highest BCUT2D eigenvalue weighted by Gasteiger charge is 2.35. The minimum Gasteiger partial charge on any atom is -0.351 e. The van der Waals surface area contributed by atoms with E-state index in [9.17, 15) is 22.4 Å². The minimum atomic E-state index is -4.81. The van der Waals surface area contributed by atoms with Gasteiger partial charge < -0.3 is 10.2 Å². The van der Waals surface area contributed by atoms with Crippen molar-refractivity contribution in [3.05, 3.63) is 35.1 Å². The second kappa shape index (κ2) is 6.43.